The Morgan fingerprint density at radius 3 is 2.75 bits per heavy atom. The summed E-state index contributed by atoms with van der Waals surface area (Å²) in [6, 6.07) is 0. The first-order valence-corrected chi connectivity index (χ1v) is 8.78. The summed E-state index contributed by atoms with van der Waals surface area (Å²) in [6.07, 6.45) is 3.63. The largest absolute Gasteiger partial charge is 0.357 e. The van der Waals surface area contributed by atoms with Crippen LogP contribution in [0.4, 0.5) is 0 Å². The average molecular weight is 335 g/mol. The van der Waals surface area contributed by atoms with E-state index in [0.717, 1.165) is 44.3 Å². The number of aromatic amines is 1. The van der Waals surface area contributed by atoms with E-state index >= 15 is 0 Å². The molecule has 0 atom stereocenters. The number of guanidine groups is 1. The summed E-state index contributed by atoms with van der Waals surface area (Å²) in [6.45, 7) is 9.72. The smallest absolute Gasteiger partial charge is 0.222 e. The fourth-order valence-electron chi connectivity index (χ4n) is 2.75. The topological polar surface area (TPSA) is 98.3 Å². The van der Waals surface area contributed by atoms with Gasteiger partial charge in [-0.25, -0.2) is 4.98 Å². The Kier molecular flexibility index (Phi) is 7.02. The van der Waals surface area contributed by atoms with Gasteiger partial charge in [-0.1, -0.05) is 13.8 Å². The quantitative estimate of drug-likeness (QED) is 0.404. The molecule has 2 heterocycles. The molecule has 0 spiro atoms. The second-order valence-electron chi connectivity index (χ2n) is 6.31. The van der Waals surface area contributed by atoms with Crippen molar-refractivity contribution < 1.29 is 4.79 Å². The zero-order valence-electron chi connectivity index (χ0n) is 14.9. The summed E-state index contributed by atoms with van der Waals surface area (Å²) in [5.41, 5.74) is 0. The van der Waals surface area contributed by atoms with E-state index in [-0.39, 0.29) is 11.8 Å². The number of hydrogen-bond acceptors (Lipinski definition) is 4. The number of carbonyl (C=O) groups excluding carboxylic acids is 1. The first kappa shape index (κ1) is 18.2. The molecule has 24 heavy (non-hydrogen) atoms. The van der Waals surface area contributed by atoms with Crippen LogP contribution in [-0.4, -0.2) is 64.7 Å². The van der Waals surface area contributed by atoms with E-state index < -0.39 is 0 Å². The van der Waals surface area contributed by atoms with Crippen molar-refractivity contribution in [1.29, 1.82) is 0 Å². The van der Waals surface area contributed by atoms with Gasteiger partial charge in [0.1, 0.15) is 12.2 Å². The molecule has 8 heteroatoms. The number of carbonyl (C=O) groups is 1. The maximum absolute atomic E-state index is 11.6. The number of nitrogens with zero attached hydrogens (tertiary/aromatic N) is 4. The highest BCUT2D eigenvalue weighted by Gasteiger charge is 2.24. The van der Waals surface area contributed by atoms with Gasteiger partial charge in [-0.05, 0) is 19.8 Å². The number of amides is 1. The van der Waals surface area contributed by atoms with Crippen LogP contribution in [-0.2, 0) is 4.79 Å². The number of aliphatic imine (C=N–C) groups is 1. The minimum atomic E-state index is 0.0114. The lowest BCUT2D eigenvalue weighted by atomic mass is 9.96. The molecule has 1 aromatic heterocycles. The van der Waals surface area contributed by atoms with E-state index in [0.29, 0.717) is 19.0 Å². The minimum absolute atomic E-state index is 0.0114. The highest BCUT2D eigenvalue weighted by atomic mass is 16.1. The third-order valence-electron chi connectivity index (χ3n) is 4.15. The van der Waals surface area contributed by atoms with Gasteiger partial charge in [-0.3, -0.25) is 14.9 Å². The lowest BCUT2D eigenvalue weighted by molar-refractivity contribution is -0.123. The van der Waals surface area contributed by atoms with Crippen LogP contribution >= 0.6 is 0 Å². The van der Waals surface area contributed by atoms with Crippen molar-refractivity contribution in [1.82, 2.24) is 30.7 Å². The molecular weight excluding hydrogens is 306 g/mol. The standard InChI is InChI=1S/C16H29N7O/c1-4-17-16(19-8-7-18-15(24)12(2)3)23-9-5-13(6-10-23)14-20-11-21-22-14/h11-13H,4-10H2,1-3H3,(H,17,19)(H,18,24)(H,20,21,22). The third-order valence-corrected chi connectivity index (χ3v) is 4.15. The summed E-state index contributed by atoms with van der Waals surface area (Å²) in [4.78, 5) is 22.7. The van der Waals surface area contributed by atoms with Crippen LogP contribution in [0.1, 0.15) is 45.4 Å². The number of piperidine rings is 1. The molecule has 0 aliphatic carbocycles. The Morgan fingerprint density at radius 2 is 2.17 bits per heavy atom. The molecule has 0 bridgehead atoms. The van der Waals surface area contributed by atoms with Gasteiger partial charge in [0.15, 0.2) is 5.96 Å². The first-order chi connectivity index (χ1) is 11.6. The predicted octanol–water partition coefficient (Wildman–Crippen LogP) is 0.722. The van der Waals surface area contributed by atoms with Crippen molar-refractivity contribution in [3.63, 3.8) is 0 Å². The maximum atomic E-state index is 11.6. The van der Waals surface area contributed by atoms with Crippen LogP contribution < -0.4 is 10.6 Å². The van der Waals surface area contributed by atoms with E-state index in [2.05, 4.69) is 42.6 Å². The molecule has 1 aliphatic heterocycles. The minimum Gasteiger partial charge on any atom is -0.357 e. The van der Waals surface area contributed by atoms with Crippen LogP contribution in [0.3, 0.4) is 0 Å². The van der Waals surface area contributed by atoms with Crippen molar-refractivity contribution in [3.8, 4) is 0 Å². The number of likely N-dealkylation sites (tertiary alicyclic amines) is 1. The van der Waals surface area contributed by atoms with Crippen molar-refractivity contribution in [2.75, 3.05) is 32.7 Å². The zero-order valence-corrected chi connectivity index (χ0v) is 14.9. The summed E-state index contributed by atoms with van der Waals surface area (Å²) < 4.78 is 0. The van der Waals surface area contributed by atoms with Gasteiger partial charge >= 0.3 is 0 Å². The molecule has 0 unspecified atom stereocenters. The molecule has 1 amide bonds. The molecule has 1 aromatic rings. The summed E-state index contributed by atoms with van der Waals surface area (Å²) in [5, 5.41) is 13.1. The van der Waals surface area contributed by atoms with E-state index in [1.807, 2.05) is 13.8 Å². The van der Waals surface area contributed by atoms with E-state index in [4.69, 9.17) is 0 Å². The lowest BCUT2D eigenvalue weighted by Crippen LogP contribution is -2.45. The predicted molar refractivity (Wildman–Crippen MR) is 93.8 cm³/mol. The number of rotatable bonds is 6. The lowest BCUT2D eigenvalue weighted by Gasteiger charge is -2.33. The van der Waals surface area contributed by atoms with Crippen molar-refractivity contribution in [2.24, 2.45) is 10.9 Å². The normalized spacial score (nSPS) is 16.5. The Morgan fingerprint density at radius 1 is 1.42 bits per heavy atom. The van der Waals surface area contributed by atoms with E-state index in [1.54, 1.807) is 6.33 Å². The van der Waals surface area contributed by atoms with Crippen molar-refractivity contribution in [3.05, 3.63) is 12.2 Å². The molecule has 1 fully saturated rings. The Balaban J connectivity index is 1.82. The first-order valence-electron chi connectivity index (χ1n) is 8.78. The maximum Gasteiger partial charge on any atom is 0.222 e. The van der Waals surface area contributed by atoms with Gasteiger partial charge in [0.2, 0.25) is 5.91 Å². The van der Waals surface area contributed by atoms with Crippen LogP contribution in [0.15, 0.2) is 11.3 Å². The molecule has 1 saturated heterocycles. The molecule has 3 N–H and O–H groups in total. The zero-order chi connectivity index (χ0) is 17.4. The van der Waals surface area contributed by atoms with Crippen molar-refractivity contribution in [2.45, 2.75) is 39.5 Å². The fourth-order valence-corrected chi connectivity index (χ4v) is 2.75. The van der Waals surface area contributed by atoms with Crippen LogP contribution in [0.25, 0.3) is 0 Å². The molecule has 134 valence electrons. The molecule has 2 rings (SSSR count). The van der Waals surface area contributed by atoms with Crippen LogP contribution in [0.2, 0.25) is 0 Å². The average Bonchev–Trinajstić information content (AvgIpc) is 3.12. The second kappa shape index (κ2) is 9.24. The van der Waals surface area contributed by atoms with E-state index in [1.165, 1.54) is 0 Å². The second-order valence-corrected chi connectivity index (χ2v) is 6.31. The van der Waals surface area contributed by atoms with Crippen LogP contribution in [0, 0.1) is 5.92 Å². The number of nitrogens with one attached hydrogen (secondary N) is 3. The molecule has 0 radical (unpaired) electrons. The highest BCUT2D eigenvalue weighted by molar-refractivity contribution is 5.80. The SMILES string of the molecule is CCNC(=NCCNC(=O)C(C)C)N1CCC(c2ncn[nH]2)CC1. The Bertz CT molecular complexity index is 519. The Hall–Kier alpha value is -2.12. The van der Waals surface area contributed by atoms with Crippen molar-refractivity contribution >= 4 is 11.9 Å². The fraction of sp³-hybridized carbons (Fsp3) is 0.750. The van der Waals surface area contributed by atoms with Gasteiger partial charge in [-0.2, -0.15) is 5.10 Å². The number of hydrogen-bond donors (Lipinski definition) is 3. The molecule has 0 saturated carbocycles. The van der Waals surface area contributed by atoms with Gasteiger partial charge in [0.25, 0.3) is 0 Å². The third kappa shape index (κ3) is 5.21. The van der Waals surface area contributed by atoms with Gasteiger partial charge in [0, 0.05) is 38.0 Å². The van der Waals surface area contributed by atoms with E-state index in [9.17, 15) is 4.79 Å². The monoisotopic (exact) mass is 335 g/mol. The summed E-state index contributed by atoms with van der Waals surface area (Å²) >= 11 is 0. The molecule has 0 aromatic carbocycles. The molecular formula is C16H29N7O. The highest BCUT2D eigenvalue weighted by Crippen LogP contribution is 2.24. The van der Waals surface area contributed by atoms with Gasteiger partial charge in [-0.15, -0.1) is 0 Å². The van der Waals surface area contributed by atoms with Gasteiger partial charge in [0.05, 0.1) is 6.54 Å². The van der Waals surface area contributed by atoms with Gasteiger partial charge < -0.3 is 15.5 Å². The molecule has 1 aliphatic rings. The summed E-state index contributed by atoms with van der Waals surface area (Å²) in [7, 11) is 0. The summed E-state index contributed by atoms with van der Waals surface area (Å²) in [5.74, 6) is 2.43. The number of H-pyrrole nitrogens is 1. The molecule has 8 nitrogen and oxygen atoms in total. The van der Waals surface area contributed by atoms with Crippen LogP contribution in [0.5, 0.6) is 0 Å². The Labute approximate surface area is 143 Å². The number of aromatic nitrogens is 3.